The molecular weight excluding hydrogens is 444 g/mol. The molecule has 0 atom stereocenters. The van der Waals surface area contributed by atoms with Crippen LogP contribution in [0.15, 0.2) is 60.2 Å². The standard InChI is InChI=1S/C28H32N2O5/c31-26(30-17-14-20(15-18-30)27(32)33)13-3-1-2-8-16-29-28(34)35-19-25-23-11-6-4-9-21(23)22-10-5-7-12-24(22)25/h4-7,9-12,14,25H,1-3,8,13,15-19H2,(H,29,34)(H,32,33). The highest BCUT2D eigenvalue weighted by atomic mass is 16.5. The molecule has 2 N–H and O–H groups in total. The first-order valence-electron chi connectivity index (χ1n) is 12.3. The molecule has 1 heterocycles. The number of fused-ring (bicyclic) bond motifs is 3. The number of unbranched alkanes of at least 4 members (excludes halogenated alkanes) is 3. The molecule has 0 saturated heterocycles. The summed E-state index contributed by atoms with van der Waals surface area (Å²) in [4.78, 5) is 37.1. The summed E-state index contributed by atoms with van der Waals surface area (Å²) in [6, 6.07) is 16.5. The Bertz CT molecular complexity index is 1060. The lowest BCUT2D eigenvalue weighted by Crippen LogP contribution is -2.35. The minimum absolute atomic E-state index is 0.0526. The number of rotatable bonds is 10. The Kier molecular flexibility index (Phi) is 8.19. The predicted molar refractivity (Wildman–Crippen MR) is 133 cm³/mol. The molecule has 184 valence electrons. The van der Waals surface area contributed by atoms with Crippen molar-refractivity contribution in [1.82, 2.24) is 10.2 Å². The number of ether oxygens (including phenoxy) is 1. The number of carbonyl (C=O) groups is 3. The van der Waals surface area contributed by atoms with Gasteiger partial charge in [0.05, 0.1) is 0 Å². The second kappa shape index (κ2) is 11.7. The Morgan fingerprint density at radius 3 is 2.23 bits per heavy atom. The van der Waals surface area contributed by atoms with E-state index in [0.717, 1.165) is 25.7 Å². The number of amides is 2. The maximum Gasteiger partial charge on any atom is 0.407 e. The largest absolute Gasteiger partial charge is 0.478 e. The van der Waals surface area contributed by atoms with Gasteiger partial charge < -0.3 is 20.1 Å². The van der Waals surface area contributed by atoms with E-state index in [4.69, 9.17) is 9.84 Å². The molecule has 2 aliphatic rings. The fourth-order valence-corrected chi connectivity index (χ4v) is 4.84. The van der Waals surface area contributed by atoms with Crippen LogP contribution >= 0.6 is 0 Å². The van der Waals surface area contributed by atoms with Gasteiger partial charge in [-0.2, -0.15) is 0 Å². The molecule has 1 aliphatic heterocycles. The monoisotopic (exact) mass is 476 g/mol. The molecule has 2 aromatic carbocycles. The highest BCUT2D eigenvalue weighted by Crippen LogP contribution is 2.44. The van der Waals surface area contributed by atoms with Crippen molar-refractivity contribution in [3.05, 3.63) is 71.3 Å². The minimum Gasteiger partial charge on any atom is -0.478 e. The average molecular weight is 477 g/mol. The van der Waals surface area contributed by atoms with Gasteiger partial charge in [-0.05, 0) is 41.5 Å². The average Bonchev–Trinajstić information content (AvgIpc) is 3.20. The fraction of sp³-hybridized carbons (Fsp3) is 0.393. The molecule has 4 rings (SSSR count). The second-order valence-electron chi connectivity index (χ2n) is 9.04. The van der Waals surface area contributed by atoms with E-state index >= 15 is 0 Å². The van der Waals surface area contributed by atoms with Crippen LogP contribution in [0.25, 0.3) is 11.1 Å². The van der Waals surface area contributed by atoms with Gasteiger partial charge in [0, 0.05) is 37.5 Å². The van der Waals surface area contributed by atoms with Crippen LogP contribution in [0.1, 0.15) is 55.6 Å². The first-order valence-corrected chi connectivity index (χ1v) is 12.3. The van der Waals surface area contributed by atoms with E-state index in [9.17, 15) is 14.4 Å². The van der Waals surface area contributed by atoms with E-state index in [1.807, 2.05) is 24.3 Å². The van der Waals surface area contributed by atoms with Crippen molar-refractivity contribution in [2.45, 2.75) is 44.4 Å². The molecule has 0 fully saturated rings. The van der Waals surface area contributed by atoms with E-state index < -0.39 is 12.1 Å². The smallest absolute Gasteiger partial charge is 0.407 e. The molecule has 0 aromatic heterocycles. The Hall–Kier alpha value is -3.61. The van der Waals surface area contributed by atoms with E-state index in [1.165, 1.54) is 22.3 Å². The van der Waals surface area contributed by atoms with Crippen LogP contribution in [0.4, 0.5) is 4.79 Å². The van der Waals surface area contributed by atoms with Crippen LogP contribution in [-0.4, -0.2) is 54.2 Å². The van der Waals surface area contributed by atoms with Crippen LogP contribution in [-0.2, 0) is 14.3 Å². The van der Waals surface area contributed by atoms with Crippen LogP contribution in [0.2, 0.25) is 0 Å². The Labute approximate surface area is 205 Å². The summed E-state index contributed by atoms with van der Waals surface area (Å²) >= 11 is 0. The van der Waals surface area contributed by atoms with Crippen molar-refractivity contribution in [3.8, 4) is 11.1 Å². The number of benzene rings is 2. The maximum absolute atomic E-state index is 12.3. The fourth-order valence-electron chi connectivity index (χ4n) is 4.84. The lowest BCUT2D eigenvalue weighted by Gasteiger charge is -2.25. The molecule has 35 heavy (non-hydrogen) atoms. The number of carboxylic acids is 1. The van der Waals surface area contributed by atoms with E-state index in [2.05, 4.69) is 29.6 Å². The highest BCUT2D eigenvalue weighted by Gasteiger charge is 2.29. The third-order valence-electron chi connectivity index (χ3n) is 6.77. The van der Waals surface area contributed by atoms with E-state index in [1.54, 1.807) is 11.0 Å². The Morgan fingerprint density at radius 1 is 0.943 bits per heavy atom. The molecule has 2 amide bonds. The van der Waals surface area contributed by atoms with Crippen molar-refractivity contribution < 1.29 is 24.2 Å². The second-order valence-corrected chi connectivity index (χ2v) is 9.04. The van der Waals surface area contributed by atoms with Gasteiger partial charge in [-0.1, -0.05) is 67.4 Å². The molecule has 0 saturated carbocycles. The van der Waals surface area contributed by atoms with E-state index in [-0.39, 0.29) is 11.8 Å². The first kappa shape index (κ1) is 24.5. The molecular formula is C28H32N2O5. The maximum atomic E-state index is 12.3. The molecule has 1 aliphatic carbocycles. The van der Waals surface area contributed by atoms with Gasteiger partial charge in [0.25, 0.3) is 0 Å². The zero-order chi connectivity index (χ0) is 24.6. The van der Waals surface area contributed by atoms with Gasteiger partial charge in [-0.25, -0.2) is 9.59 Å². The molecule has 7 nitrogen and oxygen atoms in total. The van der Waals surface area contributed by atoms with Crippen molar-refractivity contribution in [2.75, 3.05) is 26.2 Å². The van der Waals surface area contributed by atoms with Gasteiger partial charge in [0.1, 0.15) is 6.61 Å². The summed E-state index contributed by atoms with van der Waals surface area (Å²) in [6.07, 6.45) is 5.53. The van der Waals surface area contributed by atoms with Crippen LogP contribution in [0, 0.1) is 0 Å². The highest BCUT2D eigenvalue weighted by molar-refractivity contribution is 5.87. The summed E-state index contributed by atoms with van der Waals surface area (Å²) in [5.41, 5.74) is 5.19. The third kappa shape index (κ3) is 6.10. The van der Waals surface area contributed by atoms with Gasteiger partial charge in [-0.3, -0.25) is 4.79 Å². The number of aliphatic carboxylic acids is 1. The molecule has 7 heteroatoms. The molecule has 0 spiro atoms. The Morgan fingerprint density at radius 2 is 1.60 bits per heavy atom. The van der Waals surface area contributed by atoms with Crippen LogP contribution in [0.3, 0.4) is 0 Å². The first-order chi connectivity index (χ1) is 17.0. The summed E-state index contributed by atoms with van der Waals surface area (Å²) in [5.74, 6) is -0.775. The number of hydrogen-bond donors (Lipinski definition) is 2. The van der Waals surface area contributed by atoms with Crippen LogP contribution < -0.4 is 5.32 Å². The number of alkyl carbamates (subject to hydrolysis) is 1. The normalized spacial score (nSPS) is 14.6. The van der Waals surface area contributed by atoms with Crippen molar-refractivity contribution in [2.24, 2.45) is 0 Å². The van der Waals surface area contributed by atoms with E-state index in [0.29, 0.717) is 44.7 Å². The van der Waals surface area contributed by atoms with Crippen molar-refractivity contribution >= 4 is 18.0 Å². The summed E-state index contributed by atoms with van der Waals surface area (Å²) in [5, 5.41) is 11.8. The zero-order valence-electron chi connectivity index (χ0n) is 19.9. The van der Waals surface area contributed by atoms with Crippen molar-refractivity contribution in [1.29, 1.82) is 0 Å². The topological polar surface area (TPSA) is 95.9 Å². The molecule has 0 bridgehead atoms. The zero-order valence-corrected chi connectivity index (χ0v) is 19.9. The molecule has 2 aromatic rings. The Balaban J connectivity index is 1.09. The number of carboxylic acid groups (broad SMARTS) is 1. The number of carbonyl (C=O) groups excluding carboxylic acids is 2. The number of nitrogens with zero attached hydrogens (tertiary/aromatic N) is 1. The number of hydrogen-bond acceptors (Lipinski definition) is 4. The lowest BCUT2D eigenvalue weighted by molar-refractivity contribution is -0.135. The van der Waals surface area contributed by atoms with Gasteiger partial charge >= 0.3 is 12.1 Å². The molecule has 0 unspecified atom stereocenters. The van der Waals surface area contributed by atoms with Gasteiger partial charge in [0.15, 0.2) is 0 Å². The quantitative estimate of drug-likeness (QED) is 0.484. The summed E-state index contributed by atoms with van der Waals surface area (Å²) in [7, 11) is 0. The minimum atomic E-state index is -0.899. The predicted octanol–water partition coefficient (Wildman–Crippen LogP) is 4.72. The third-order valence-corrected chi connectivity index (χ3v) is 6.77. The van der Waals surface area contributed by atoms with Crippen molar-refractivity contribution in [3.63, 3.8) is 0 Å². The summed E-state index contributed by atoms with van der Waals surface area (Å²) in [6.45, 7) is 1.70. The molecule has 0 radical (unpaired) electrons. The van der Waals surface area contributed by atoms with Crippen LogP contribution in [0.5, 0.6) is 0 Å². The lowest BCUT2D eigenvalue weighted by atomic mass is 9.98. The van der Waals surface area contributed by atoms with Gasteiger partial charge in [0.2, 0.25) is 5.91 Å². The SMILES string of the molecule is O=C(NCCCCCCC(=O)N1CC=C(C(=O)O)CC1)OCC1c2ccccc2-c2ccccc21. The summed E-state index contributed by atoms with van der Waals surface area (Å²) < 4.78 is 5.55. The number of nitrogens with one attached hydrogen (secondary N) is 1. The van der Waals surface area contributed by atoms with Gasteiger partial charge in [-0.15, -0.1) is 0 Å².